The number of fused-ring (bicyclic) bond motifs is 1. The first kappa shape index (κ1) is 17.6. The van der Waals surface area contributed by atoms with Crippen molar-refractivity contribution in [2.45, 2.75) is 12.5 Å². The summed E-state index contributed by atoms with van der Waals surface area (Å²) in [5.41, 5.74) is 2.15. The second-order valence-corrected chi connectivity index (χ2v) is 8.03. The molecule has 2 fully saturated rings. The van der Waals surface area contributed by atoms with Crippen molar-refractivity contribution < 1.29 is 0 Å². The molecule has 0 aliphatic carbocycles. The summed E-state index contributed by atoms with van der Waals surface area (Å²) in [5.74, 6) is 0.863. The van der Waals surface area contributed by atoms with Crippen LogP contribution in [0.3, 0.4) is 0 Å². The zero-order valence-electron chi connectivity index (χ0n) is 16.5. The highest BCUT2D eigenvalue weighted by atomic mass is 15.3. The van der Waals surface area contributed by atoms with Crippen LogP contribution in [-0.2, 0) is 0 Å². The van der Waals surface area contributed by atoms with Gasteiger partial charge in [0, 0.05) is 57.1 Å². The molecule has 28 heavy (non-hydrogen) atoms. The van der Waals surface area contributed by atoms with E-state index in [1.807, 2.05) is 12.3 Å². The number of aromatic nitrogens is 2. The number of likely N-dealkylation sites (N-methyl/N-ethyl adjacent to an activating group) is 1. The van der Waals surface area contributed by atoms with Crippen LogP contribution in [0.25, 0.3) is 22.0 Å². The molecular formula is C23H27N5. The summed E-state index contributed by atoms with van der Waals surface area (Å²) in [4.78, 5) is 16.9. The lowest BCUT2D eigenvalue weighted by atomic mass is 10.1. The van der Waals surface area contributed by atoms with Crippen molar-refractivity contribution >= 4 is 16.7 Å². The van der Waals surface area contributed by atoms with E-state index in [2.05, 4.69) is 69.2 Å². The van der Waals surface area contributed by atoms with Gasteiger partial charge < -0.3 is 9.80 Å². The quantitative estimate of drug-likeness (QED) is 0.705. The third-order valence-electron chi connectivity index (χ3n) is 6.19. The van der Waals surface area contributed by atoms with E-state index in [0.29, 0.717) is 6.04 Å². The van der Waals surface area contributed by atoms with E-state index in [-0.39, 0.29) is 0 Å². The van der Waals surface area contributed by atoms with Gasteiger partial charge in [0.05, 0.1) is 5.69 Å². The number of rotatable bonds is 3. The predicted octanol–water partition coefficient (Wildman–Crippen LogP) is 3.12. The molecule has 1 aromatic heterocycles. The van der Waals surface area contributed by atoms with E-state index in [9.17, 15) is 0 Å². The molecule has 0 saturated carbocycles. The van der Waals surface area contributed by atoms with Gasteiger partial charge in [-0.3, -0.25) is 4.90 Å². The highest BCUT2D eigenvalue weighted by Crippen LogP contribution is 2.26. The van der Waals surface area contributed by atoms with Crippen LogP contribution in [0, 0.1) is 0 Å². The molecule has 144 valence electrons. The molecule has 2 aliphatic heterocycles. The highest BCUT2D eigenvalue weighted by Gasteiger charge is 2.30. The van der Waals surface area contributed by atoms with Gasteiger partial charge in [-0.1, -0.05) is 36.4 Å². The molecule has 0 spiro atoms. The standard InChI is InChI=1S/C23H27N5/c1-26-12-14-27(15-13-26)21-9-11-28(17-21)23-24-10-8-22(25-23)20-7-6-18-4-2-3-5-19(18)16-20/h2-8,10,16,21H,9,11-15,17H2,1H3. The molecule has 0 bridgehead atoms. The van der Waals surface area contributed by atoms with E-state index in [4.69, 9.17) is 4.98 Å². The first-order valence-electron chi connectivity index (χ1n) is 10.3. The molecule has 2 aliphatic rings. The molecule has 1 atom stereocenters. The summed E-state index contributed by atoms with van der Waals surface area (Å²) < 4.78 is 0. The van der Waals surface area contributed by atoms with Crippen molar-refractivity contribution in [1.82, 2.24) is 19.8 Å². The number of piperazine rings is 1. The Bertz CT molecular complexity index is 964. The minimum Gasteiger partial charge on any atom is -0.339 e. The zero-order chi connectivity index (χ0) is 18.9. The molecular weight excluding hydrogens is 346 g/mol. The Kier molecular flexibility index (Phi) is 4.71. The van der Waals surface area contributed by atoms with E-state index < -0.39 is 0 Å². The maximum atomic E-state index is 4.91. The van der Waals surface area contributed by atoms with E-state index in [1.165, 1.54) is 43.4 Å². The first-order valence-corrected chi connectivity index (χ1v) is 10.3. The van der Waals surface area contributed by atoms with Gasteiger partial charge in [-0.2, -0.15) is 0 Å². The Balaban J connectivity index is 1.34. The van der Waals surface area contributed by atoms with Gasteiger partial charge in [-0.05, 0) is 36.4 Å². The summed E-state index contributed by atoms with van der Waals surface area (Å²) in [6, 6.07) is 17.7. The number of hydrogen-bond donors (Lipinski definition) is 0. The van der Waals surface area contributed by atoms with Crippen LogP contribution in [0.4, 0.5) is 5.95 Å². The number of nitrogens with zero attached hydrogens (tertiary/aromatic N) is 5. The van der Waals surface area contributed by atoms with Crippen LogP contribution >= 0.6 is 0 Å². The van der Waals surface area contributed by atoms with Crippen LogP contribution in [0.2, 0.25) is 0 Å². The molecule has 0 amide bonds. The SMILES string of the molecule is CN1CCN(C2CCN(c3nccc(-c4ccc5ccccc5c4)n3)C2)CC1. The van der Waals surface area contributed by atoms with Crippen molar-refractivity contribution in [3.8, 4) is 11.3 Å². The summed E-state index contributed by atoms with van der Waals surface area (Å²) >= 11 is 0. The van der Waals surface area contributed by atoms with E-state index >= 15 is 0 Å². The van der Waals surface area contributed by atoms with Crippen molar-refractivity contribution in [2.75, 3.05) is 51.2 Å². The third-order valence-corrected chi connectivity index (χ3v) is 6.19. The highest BCUT2D eigenvalue weighted by molar-refractivity contribution is 5.86. The van der Waals surface area contributed by atoms with Gasteiger partial charge in [0.1, 0.15) is 0 Å². The van der Waals surface area contributed by atoms with Crippen LogP contribution < -0.4 is 4.90 Å². The molecule has 1 unspecified atom stereocenters. The molecule has 0 radical (unpaired) electrons. The minimum atomic E-state index is 0.627. The summed E-state index contributed by atoms with van der Waals surface area (Å²) in [6.07, 6.45) is 3.10. The van der Waals surface area contributed by atoms with Crippen LogP contribution in [0.15, 0.2) is 54.7 Å². The maximum absolute atomic E-state index is 4.91. The second kappa shape index (κ2) is 7.49. The fourth-order valence-electron chi connectivity index (χ4n) is 4.42. The van der Waals surface area contributed by atoms with Crippen LogP contribution in [0.1, 0.15) is 6.42 Å². The third kappa shape index (κ3) is 3.48. The van der Waals surface area contributed by atoms with Gasteiger partial charge >= 0.3 is 0 Å². The molecule has 2 saturated heterocycles. The lowest BCUT2D eigenvalue weighted by Crippen LogP contribution is -2.49. The first-order chi connectivity index (χ1) is 13.8. The fourth-order valence-corrected chi connectivity index (χ4v) is 4.42. The van der Waals surface area contributed by atoms with E-state index in [0.717, 1.165) is 30.3 Å². The van der Waals surface area contributed by atoms with Gasteiger partial charge in [-0.15, -0.1) is 0 Å². The molecule has 3 heterocycles. The van der Waals surface area contributed by atoms with Gasteiger partial charge in [0.15, 0.2) is 0 Å². The summed E-state index contributed by atoms with van der Waals surface area (Å²) in [7, 11) is 2.21. The molecule has 2 aromatic carbocycles. The lowest BCUT2D eigenvalue weighted by Gasteiger charge is -2.36. The minimum absolute atomic E-state index is 0.627. The number of benzene rings is 2. The predicted molar refractivity (Wildman–Crippen MR) is 115 cm³/mol. The van der Waals surface area contributed by atoms with Crippen LogP contribution in [0.5, 0.6) is 0 Å². The van der Waals surface area contributed by atoms with Gasteiger partial charge in [-0.25, -0.2) is 9.97 Å². The number of anilines is 1. The van der Waals surface area contributed by atoms with Gasteiger partial charge in [0.25, 0.3) is 0 Å². The normalized spacial score (nSPS) is 21.5. The fraction of sp³-hybridized carbons (Fsp3) is 0.391. The molecule has 5 heteroatoms. The summed E-state index contributed by atoms with van der Waals surface area (Å²) in [6.45, 7) is 6.76. The molecule has 0 N–H and O–H groups in total. The lowest BCUT2D eigenvalue weighted by molar-refractivity contribution is 0.120. The molecule has 5 rings (SSSR count). The average Bonchev–Trinajstić information content (AvgIpc) is 3.24. The Morgan fingerprint density at radius 1 is 0.893 bits per heavy atom. The van der Waals surface area contributed by atoms with Crippen molar-refractivity contribution in [1.29, 1.82) is 0 Å². The number of hydrogen-bond acceptors (Lipinski definition) is 5. The van der Waals surface area contributed by atoms with Crippen LogP contribution in [-0.4, -0.2) is 72.1 Å². The van der Waals surface area contributed by atoms with Crippen molar-refractivity contribution in [3.63, 3.8) is 0 Å². The maximum Gasteiger partial charge on any atom is 0.225 e. The van der Waals surface area contributed by atoms with E-state index in [1.54, 1.807) is 0 Å². The Morgan fingerprint density at radius 3 is 2.57 bits per heavy atom. The van der Waals surface area contributed by atoms with Crippen molar-refractivity contribution in [3.05, 3.63) is 54.7 Å². The Hall–Kier alpha value is -2.50. The zero-order valence-corrected chi connectivity index (χ0v) is 16.5. The largest absolute Gasteiger partial charge is 0.339 e. The second-order valence-electron chi connectivity index (χ2n) is 8.03. The topological polar surface area (TPSA) is 35.5 Å². The smallest absolute Gasteiger partial charge is 0.225 e. The monoisotopic (exact) mass is 373 g/mol. The Morgan fingerprint density at radius 2 is 1.71 bits per heavy atom. The van der Waals surface area contributed by atoms with Gasteiger partial charge in [0.2, 0.25) is 5.95 Å². The van der Waals surface area contributed by atoms with Crippen molar-refractivity contribution in [2.24, 2.45) is 0 Å². The Labute approximate surface area is 166 Å². The molecule has 5 nitrogen and oxygen atoms in total. The summed E-state index contributed by atoms with van der Waals surface area (Å²) in [5, 5.41) is 2.51. The average molecular weight is 374 g/mol. The molecule has 3 aromatic rings.